The highest BCUT2D eigenvalue weighted by atomic mass is 19.1. The lowest BCUT2D eigenvalue weighted by Gasteiger charge is -2.13. The lowest BCUT2D eigenvalue weighted by atomic mass is 9.97. The smallest absolute Gasteiger partial charge is 0.349 e. The van der Waals surface area contributed by atoms with Crippen LogP contribution < -0.4 is 0 Å². The van der Waals surface area contributed by atoms with E-state index in [0.29, 0.717) is 11.1 Å². The summed E-state index contributed by atoms with van der Waals surface area (Å²) < 4.78 is 19.3. The van der Waals surface area contributed by atoms with E-state index in [4.69, 9.17) is 4.74 Å². The van der Waals surface area contributed by atoms with Gasteiger partial charge in [0.2, 0.25) is 0 Å². The topological polar surface area (TPSA) is 63.6 Å². The molecule has 136 valence electrons. The number of carbonyl (C=O) groups excluding carboxylic acids is 2. The van der Waals surface area contributed by atoms with E-state index in [2.05, 4.69) is 0 Å². The number of benzene rings is 3. The molecule has 1 N–H and O–H groups in total. The predicted octanol–water partition coefficient (Wildman–Crippen LogP) is 4.69. The molecule has 0 aromatic heterocycles. The third-order valence-corrected chi connectivity index (χ3v) is 4.25. The van der Waals surface area contributed by atoms with Gasteiger partial charge in [0, 0.05) is 5.56 Å². The summed E-state index contributed by atoms with van der Waals surface area (Å²) in [5.74, 6) is -3.37. The third-order valence-electron chi connectivity index (χ3n) is 4.25. The Kier molecular flexibility index (Phi) is 5.31. The van der Waals surface area contributed by atoms with Crippen molar-refractivity contribution in [1.29, 1.82) is 0 Å². The van der Waals surface area contributed by atoms with E-state index in [1.165, 1.54) is 25.1 Å². The molecule has 0 fully saturated rings. The van der Waals surface area contributed by atoms with Gasteiger partial charge in [-0.25, -0.2) is 9.18 Å². The van der Waals surface area contributed by atoms with Gasteiger partial charge in [-0.1, -0.05) is 54.6 Å². The Bertz CT molecular complexity index is 983. The molecule has 0 saturated heterocycles. The third kappa shape index (κ3) is 4.03. The molecule has 0 aliphatic rings. The van der Waals surface area contributed by atoms with Gasteiger partial charge in [-0.05, 0) is 36.2 Å². The number of phenolic OH excluding ortho intramolecular Hbond substituents is 1. The number of carbonyl (C=O) groups is 2. The summed E-state index contributed by atoms with van der Waals surface area (Å²) in [5.41, 5.74) is 1.43. The fraction of sp³-hybridized carbons (Fsp3) is 0.0909. The minimum atomic E-state index is -0.952. The van der Waals surface area contributed by atoms with Gasteiger partial charge >= 0.3 is 11.9 Å². The fourth-order valence-electron chi connectivity index (χ4n) is 2.67. The van der Waals surface area contributed by atoms with Crippen LogP contribution in [-0.2, 0) is 9.53 Å². The van der Waals surface area contributed by atoms with Gasteiger partial charge in [0.1, 0.15) is 17.1 Å². The van der Waals surface area contributed by atoms with E-state index in [-0.39, 0.29) is 11.3 Å². The second kappa shape index (κ2) is 7.83. The molecule has 1 atom stereocenters. The number of ether oxygens (including phenoxy) is 1. The number of hydrogen-bond donors (Lipinski definition) is 1. The Hall–Kier alpha value is -3.47. The van der Waals surface area contributed by atoms with E-state index in [9.17, 15) is 19.1 Å². The molecule has 27 heavy (non-hydrogen) atoms. The van der Waals surface area contributed by atoms with Crippen molar-refractivity contribution in [2.75, 3.05) is 0 Å². The van der Waals surface area contributed by atoms with E-state index in [1.54, 1.807) is 36.4 Å². The maximum Gasteiger partial charge on any atom is 0.349 e. The van der Waals surface area contributed by atoms with Crippen LogP contribution in [0.3, 0.4) is 0 Å². The maximum atomic E-state index is 14.5. The molecule has 0 unspecified atom stereocenters. The van der Waals surface area contributed by atoms with Gasteiger partial charge < -0.3 is 9.84 Å². The molecule has 4 nitrogen and oxygen atoms in total. The minimum absolute atomic E-state index is 0.108. The van der Waals surface area contributed by atoms with E-state index < -0.39 is 23.7 Å². The summed E-state index contributed by atoms with van der Waals surface area (Å²) in [4.78, 5) is 24.3. The molecule has 0 aliphatic heterocycles. The van der Waals surface area contributed by atoms with E-state index in [1.807, 2.05) is 18.2 Å². The van der Waals surface area contributed by atoms with Gasteiger partial charge in [0.15, 0.2) is 0 Å². The molecule has 5 heteroatoms. The Labute approximate surface area is 155 Å². The van der Waals surface area contributed by atoms with Crippen molar-refractivity contribution in [3.8, 4) is 16.9 Å². The normalized spacial score (nSPS) is 11.6. The Morgan fingerprint density at radius 3 is 2.30 bits per heavy atom. The molecule has 0 saturated carbocycles. The van der Waals surface area contributed by atoms with Crippen LogP contribution in [0.4, 0.5) is 4.39 Å². The molecular weight excluding hydrogens is 347 g/mol. The van der Waals surface area contributed by atoms with Crippen LogP contribution >= 0.6 is 0 Å². The minimum Gasteiger partial charge on any atom is -0.507 e. The lowest BCUT2D eigenvalue weighted by Crippen LogP contribution is -2.18. The van der Waals surface area contributed by atoms with Crippen molar-refractivity contribution >= 4 is 11.9 Å². The predicted molar refractivity (Wildman–Crippen MR) is 98.8 cm³/mol. The zero-order valence-electron chi connectivity index (χ0n) is 14.6. The van der Waals surface area contributed by atoms with Crippen LogP contribution in [0.1, 0.15) is 28.8 Å². The SMILES string of the molecule is C[C@H](C(=O)OC(=O)c1ccccc1O)c1ccc(-c2ccccc2)c(F)c1. The van der Waals surface area contributed by atoms with Crippen LogP contribution in [0.2, 0.25) is 0 Å². The number of hydrogen-bond acceptors (Lipinski definition) is 4. The second-order valence-corrected chi connectivity index (χ2v) is 6.05. The maximum absolute atomic E-state index is 14.5. The van der Waals surface area contributed by atoms with Crippen LogP contribution in [-0.4, -0.2) is 17.0 Å². The number of esters is 2. The highest BCUT2D eigenvalue weighted by Crippen LogP contribution is 2.27. The molecule has 3 rings (SSSR count). The number of aromatic hydroxyl groups is 1. The van der Waals surface area contributed by atoms with Gasteiger partial charge in [-0.15, -0.1) is 0 Å². The molecule has 0 bridgehead atoms. The first kappa shape index (κ1) is 18.3. The molecule has 0 aliphatic carbocycles. The Balaban J connectivity index is 1.76. The number of para-hydroxylation sites is 1. The Morgan fingerprint density at radius 1 is 0.963 bits per heavy atom. The summed E-state index contributed by atoms with van der Waals surface area (Å²) in [6.45, 7) is 1.53. The monoisotopic (exact) mass is 364 g/mol. The summed E-state index contributed by atoms with van der Waals surface area (Å²) in [6.07, 6.45) is 0. The average molecular weight is 364 g/mol. The molecule has 0 radical (unpaired) electrons. The van der Waals surface area contributed by atoms with Gasteiger partial charge in [-0.2, -0.15) is 0 Å². The number of halogens is 1. The van der Waals surface area contributed by atoms with Crippen LogP contribution in [0, 0.1) is 5.82 Å². The molecule has 0 heterocycles. The second-order valence-electron chi connectivity index (χ2n) is 6.05. The zero-order chi connectivity index (χ0) is 19.4. The van der Waals surface area contributed by atoms with Crippen molar-refractivity contribution in [3.63, 3.8) is 0 Å². The van der Waals surface area contributed by atoms with E-state index >= 15 is 0 Å². The van der Waals surface area contributed by atoms with Crippen molar-refractivity contribution < 1.29 is 23.8 Å². The van der Waals surface area contributed by atoms with Gasteiger partial charge in [-0.3, -0.25) is 4.79 Å². The standard InChI is InChI=1S/C22H17FO4/c1-14(21(25)27-22(26)18-9-5-6-10-20(18)24)16-11-12-17(19(23)13-16)15-7-3-2-4-8-15/h2-14,24H,1H3/t14-/m0/s1. The van der Waals surface area contributed by atoms with Crippen molar-refractivity contribution in [3.05, 3.63) is 89.7 Å². The summed E-state index contributed by atoms with van der Waals surface area (Å²) >= 11 is 0. The van der Waals surface area contributed by atoms with Crippen LogP contribution in [0.5, 0.6) is 5.75 Å². The summed E-state index contributed by atoms with van der Waals surface area (Å²) in [6, 6.07) is 19.3. The quantitative estimate of drug-likeness (QED) is 0.539. The first-order valence-corrected chi connectivity index (χ1v) is 8.36. The zero-order valence-corrected chi connectivity index (χ0v) is 14.6. The largest absolute Gasteiger partial charge is 0.507 e. The van der Waals surface area contributed by atoms with Crippen LogP contribution in [0.15, 0.2) is 72.8 Å². The van der Waals surface area contributed by atoms with Crippen molar-refractivity contribution in [2.45, 2.75) is 12.8 Å². The van der Waals surface area contributed by atoms with Crippen molar-refractivity contribution in [2.24, 2.45) is 0 Å². The number of rotatable bonds is 4. The average Bonchev–Trinajstić information content (AvgIpc) is 2.68. The fourth-order valence-corrected chi connectivity index (χ4v) is 2.67. The summed E-state index contributed by atoms with van der Waals surface area (Å²) in [7, 11) is 0. The first-order valence-electron chi connectivity index (χ1n) is 8.36. The first-order chi connectivity index (χ1) is 13.0. The molecule has 0 spiro atoms. The lowest BCUT2D eigenvalue weighted by molar-refractivity contribution is -0.139. The van der Waals surface area contributed by atoms with Crippen molar-refractivity contribution in [1.82, 2.24) is 0 Å². The highest BCUT2D eigenvalue weighted by molar-refractivity contribution is 6.00. The van der Waals surface area contributed by atoms with Gasteiger partial charge in [0.25, 0.3) is 0 Å². The molecule has 3 aromatic carbocycles. The summed E-state index contributed by atoms with van der Waals surface area (Å²) in [5, 5.41) is 9.66. The molecule has 3 aromatic rings. The molecule has 0 amide bonds. The highest BCUT2D eigenvalue weighted by Gasteiger charge is 2.23. The number of phenols is 1. The Morgan fingerprint density at radius 2 is 1.63 bits per heavy atom. The van der Waals surface area contributed by atoms with E-state index in [0.717, 1.165) is 5.56 Å². The van der Waals surface area contributed by atoms with Crippen LogP contribution in [0.25, 0.3) is 11.1 Å². The van der Waals surface area contributed by atoms with Gasteiger partial charge in [0.05, 0.1) is 5.92 Å². The molecular formula is C22H17FO4.